The maximum absolute atomic E-state index is 12.4. The molecule has 1 amide bonds. The minimum Gasteiger partial charge on any atom is -0.497 e. The molecule has 130 valence electrons. The van der Waals surface area contributed by atoms with E-state index in [0.717, 1.165) is 28.1 Å². The number of nitrogens with zero attached hydrogens (tertiary/aromatic N) is 2. The van der Waals surface area contributed by atoms with E-state index in [1.165, 1.54) is 6.20 Å². The Balaban J connectivity index is 1.66. The van der Waals surface area contributed by atoms with Crippen molar-refractivity contribution in [1.29, 1.82) is 0 Å². The number of carbonyl (C=O) groups is 1. The van der Waals surface area contributed by atoms with Crippen LogP contribution in [0.5, 0.6) is 11.5 Å². The molecular formula is C18H20N4O3. The van der Waals surface area contributed by atoms with E-state index in [9.17, 15) is 4.79 Å². The number of fused-ring (bicyclic) bond motifs is 1. The molecule has 2 heterocycles. The van der Waals surface area contributed by atoms with Gasteiger partial charge in [0, 0.05) is 23.8 Å². The number of benzene rings is 1. The number of H-pyrrole nitrogens is 1. The lowest BCUT2D eigenvalue weighted by molar-refractivity contribution is 0.0954. The van der Waals surface area contributed by atoms with Crippen molar-refractivity contribution in [3.05, 3.63) is 47.3 Å². The van der Waals surface area contributed by atoms with Crippen molar-refractivity contribution in [3.63, 3.8) is 0 Å². The summed E-state index contributed by atoms with van der Waals surface area (Å²) in [4.78, 5) is 16.6. The summed E-state index contributed by atoms with van der Waals surface area (Å²) in [6, 6.07) is 7.40. The number of hydrogen-bond acceptors (Lipinski definition) is 5. The van der Waals surface area contributed by atoms with Crippen molar-refractivity contribution < 1.29 is 14.3 Å². The van der Waals surface area contributed by atoms with Crippen LogP contribution in [-0.2, 0) is 6.42 Å². The Morgan fingerprint density at radius 3 is 2.84 bits per heavy atom. The number of ether oxygens (including phenoxy) is 2. The summed E-state index contributed by atoms with van der Waals surface area (Å²) < 4.78 is 10.6. The molecule has 0 saturated carbocycles. The van der Waals surface area contributed by atoms with Crippen molar-refractivity contribution in [2.24, 2.45) is 0 Å². The van der Waals surface area contributed by atoms with Crippen molar-refractivity contribution in [2.45, 2.75) is 13.3 Å². The van der Waals surface area contributed by atoms with E-state index in [4.69, 9.17) is 9.47 Å². The molecule has 0 radical (unpaired) electrons. The van der Waals surface area contributed by atoms with E-state index in [1.54, 1.807) is 20.3 Å². The van der Waals surface area contributed by atoms with Gasteiger partial charge in [0.05, 0.1) is 19.8 Å². The normalized spacial score (nSPS) is 10.7. The van der Waals surface area contributed by atoms with Crippen LogP contribution >= 0.6 is 0 Å². The number of methoxy groups -OCH3 is 2. The second-order valence-corrected chi connectivity index (χ2v) is 5.63. The minimum absolute atomic E-state index is 0.170. The number of aromatic nitrogens is 3. The average Bonchev–Trinajstić information content (AvgIpc) is 3.02. The molecule has 7 heteroatoms. The fourth-order valence-corrected chi connectivity index (χ4v) is 2.63. The molecule has 3 aromatic rings. The number of nitrogens with one attached hydrogen (secondary N) is 2. The molecule has 25 heavy (non-hydrogen) atoms. The van der Waals surface area contributed by atoms with E-state index in [-0.39, 0.29) is 5.91 Å². The van der Waals surface area contributed by atoms with Crippen LogP contribution in [0.4, 0.5) is 0 Å². The standard InChI is InChI=1S/C18H20N4O3/c1-11-15-9-13(10-20-17(15)22-21-11)18(23)19-7-6-12-8-14(24-2)4-5-16(12)25-3/h4-5,8-10H,6-7H2,1-3H3,(H,19,23)(H,20,21,22). The minimum atomic E-state index is -0.170. The SMILES string of the molecule is COc1ccc(OC)c(CCNC(=O)c2cnc3n[nH]c(C)c3c2)c1. The van der Waals surface area contributed by atoms with Crippen LogP contribution in [0.3, 0.4) is 0 Å². The van der Waals surface area contributed by atoms with Gasteiger partial charge in [-0.2, -0.15) is 5.10 Å². The van der Waals surface area contributed by atoms with Gasteiger partial charge in [0.25, 0.3) is 5.91 Å². The Hall–Kier alpha value is -3.09. The van der Waals surface area contributed by atoms with Gasteiger partial charge in [-0.1, -0.05) is 0 Å². The highest BCUT2D eigenvalue weighted by Gasteiger charge is 2.11. The predicted molar refractivity (Wildman–Crippen MR) is 94.2 cm³/mol. The topological polar surface area (TPSA) is 89.1 Å². The summed E-state index contributed by atoms with van der Waals surface area (Å²) in [5.41, 5.74) is 2.98. The molecule has 2 N–H and O–H groups in total. The fraction of sp³-hybridized carbons (Fsp3) is 0.278. The van der Waals surface area contributed by atoms with Gasteiger partial charge in [-0.25, -0.2) is 4.98 Å². The van der Waals surface area contributed by atoms with Crippen molar-refractivity contribution in [3.8, 4) is 11.5 Å². The van der Waals surface area contributed by atoms with Gasteiger partial charge in [-0.3, -0.25) is 9.89 Å². The number of rotatable bonds is 6. The maximum atomic E-state index is 12.4. The second-order valence-electron chi connectivity index (χ2n) is 5.63. The molecule has 0 aliphatic rings. The smallest absolute Gasteiger partial charge is 0.252 e. The Labute approximate surface area is 145 Å². The molecule has 2 aromatic heterocycles. The monoisotopic (exact) mass is 340 g/mol. The van der Waals surface area contributed by atoms with Crippen LogP contribution in [0, 0.1) is 6.92 Å². The summed E-state index contributed by atoms with van der Waals surface area (Å²) in [5, 5.41) is 10.7. The quantitative estimate of drug-likeness (QED) is 0.718. The fourth-order valence-electron chi connectivity index (χ4n) is 2.63. The number of aromatic amines is 1. The van der Waals surface area contributed by atoms with Crippen LogP contribution in [0.2, 0.25) is 0 Å². The third-order valence-electron chi connectivity index (χ3n) is 4.03. The zero-order valence-corrected chi connectivity index (χ0v) is 14.4. The van der Waals surface area contributed by atoms with Crippen molar-refractivity contribution in [2.75, 3.05) is 20.8 Å². The molecule has 0 saturated heterocycles. The third kappa shape index (κ3) is 3.55. The summed E-state index contributed by atoms with van der Waals surface area (Å²) in [6.45, 7) is 2.37. The molecule has 3 rings (SSSR count). The van der Waals surface area contributed by atoms with Gasteiger partial charge in [0.15, 0.2) is 5.65 Å². The first-order valence-electron chi connectivity index (χ1n) is 7.92. The Morgan fingerprint density at radius 1 is 1.24 bits per heavy atom. The van der Waals surface area contributed by atoms with Gasteiger partial charge in [0.2, 0.25) is 0 Å². The van der Waals surface area contributed by atoms with Crippen molar-refractivity contribution in [1.82, 2.24) is 20.5 Å². The first-order valence-corrected chi connectivity index (χ1v) is 7.92. The maximum Gasteiger partial charge on any atom is 0.252 e. The Bertz CT molecular complexity index is 904. The van der Waals surface area contributed by atoms with Crippen LogP contribution < -0.4 is 14.8 Å². The summed E-state index contributed by atoms with van der Waals surface area (Å²) in [6.07, 6.45) is 2.16. The number of aryl methyl sites for hydroxylation is 1. The summed E-state index contributed by atoms with van der Waals surface area (Å²) in [5.74, 6) is 1.36. The lowest BCUT2D eigenvalue weighted by Gasteiger charge is -2.11. The Kier molecular flexibility index (Phi) is 4.83. The first kappa shape index (κ1) is 16.8. The number of carbonyl (C=O) groups excluding carboxylic acids is 1. The molecular weight excluding hydrogens is 320 g/mol. The third-order valence-corrected chi connectivity index (χ3v) is 4.03. The molecule has 0 aliphatic heterocycles. The van der Waals surface area contributed by atoms with Gasteiger partial charge in [-0.05, 0) is 43.2 Å². The van der Waals surface area contributed by atoms with Gasteiger partial charge >= 0.3 is 0 Å². The molecule has 7 nitrogen and oxygen atoms in total. The number of hydrogen-bond donors (Lipinski definition) is 2. The molecule has 0 fully saturated rings. The van der Waals surface area contributed by atoms with Gasteiger partial charge in [0.1, 0.15) is 11.5 Å². The lowest BCUT2D eigenvalue weighted by atomic mass is 10.1. The molecule has 0 spiro atoms. The van der Waals surface area contributed by atoms with Gasteiger partial charge in [-0.15, -0.1) is 0 Å². The zero-order chi connectivity index (χ0) is 17.8. The second kappa shape index (κ2) is 7.21. The largest absolute Gasteiger partial charge is 0.497 e. The van der Waals surface area contributed by atoms with Crippen LogP contribution in [0.15, 0.2) is 30.5 Å². The number of amides is 1. The van der Waals surface area contributed by atoms with Crippen molar-refractivity contribution >= 4 is 16.9 Å². The van der Waals surface area contributed by atoms with E-state index in [0.29, 0.717) is 24.2 Å². The first-order chi connectivity index (χ1) is 12.1. The Morgan fingerprint density at radius 2 is 2.08 bits per heavy atom. The lowest BCUT2D eigenvalue weighted by Crippen LogP contribution is -2.25. The van der Waals surface area contributed by atoms with E-state index in [1.807, 2.05) is 25.1 Å². The van der Waals surface area contributed by atoms with Gasteiger partial charge < -0.3 is 14.8 Å². The summed E-state index contributed by atoms with van der Waals surface area (Å²) >= 11 is 0. The van der Waals surface area contributed by atoms with Crippen LogP contribution in [0.25, 0.3) is 11.0 Å². The highest BCUT2D eigenvalue weighted by molar-refractivity contribution is 5.97. The average molecular weight is 340 g/mol. The molecule has 0 atom stereocenters. The van der Waals surface area contributed by atoms with Crippen LogP contribution in [-0.4, -0.2) is 41.9 Å². The molecule has 1 aromatic carbocycles. The highest BCUT2D eigenvalue weighted by atomic mass is 16.5. The molecule has 0 unspecified atom stereocenters. The van der Waals surface area contributed by atoms with Crippen LogP contribution in [0.1, 0.15) is 21.6 Å². The summed E-state index contributed by atoms with van der Waals surface area (Å²) in [7, 11) is 3.24. The van der Waals surface area contributed by atoms with E-state index in [2.05, 4.69) is 20.5 Å². The number of pyridine rings is 1. The molecule has 0 aliphatic carbocycles. The highest BCUT2D eigenvalue weighted by Crippen LogP contribution is 2.24. The zero-order valence-electron chi connectivity index (χ0n) is 14.4. The van der Waals surface area contributed by atoms with E-state index < -0.39 is 0 Å². The van der Waals surface area contributed by atoms with E-state index >= 15 is 0 Å². The molecule has 0 bridgehead atoms. The predicted octanol–water partition coefficient (Wildman–Crippen LogP) is 2.26.